The van der Waals surface area contributed by atoms with E-state index in [0.717, 1.165) is 33.4 Å². The number of nitrogens with one attached hydrogen (secondary N) is 3. The fraction of sp³-hybridized carbons (Fsp3) is 0.333. The predicted molar refractivity (Wildman–Crippen MR) is 121 cm³/mol. The summed E-state index contributed by atoms with van der Waals surface area (Å²) in [5, 5.41) is 12.0. The molecule has 0 saturated carbocycles. The minimum atomic E-state index is -0.181. The van der Waals surface area contributed by atoms with Crippen LogP contribution in [-0.2, 0) is 5.75 Å². The first-order valence-electron chi connectivity index (χ1n) is 10.0. The summed E-state index contributed by atoms with van der Waals surface area (Å²) >= 11 is 1.60. The van der Waals surface area contributed by atoms with Gasteiger partial charge in [0, 0.05) is 34.5 Å². The predicted octanol–water partition coefficient (Wildman–Crippen LogP) is 2.35. The van der Waals surface area contributed by atoms with Crippen LogP contribution >= 0.6 is 11.8 Å². The summed E-state index contributed by atoms with van der Waals surface area (Å²) in [5.74, 6) is 2.18. The number of aryl methyl sites for hydroxylation is 2. The maximum absolute atomic E-state index is 12.8. The second-order valence-electron chi connectivity index (χ2n) is 7.21. The number of carbonyl (C=O) groups excluding carboxylic acids is 1. The van der Waals surface area contributed by atoms with Gasteiger partial charge in [-0.05, 0) is 32.9 Å². The van der Waals surface area contributed by atoms with E-state index in [4.69, 9.17) is 4.52 Å². The molecule has 10 heteroatoms. The molecule has 4 rings (SSSR count). The molecular formula is C21H25N7O2S. The van der Waals surface area contributed by atoms with Crippen LogP contribution < -0.4 is 16.1 Å². The van der Waals surface area contributed by atoms with Crippen LogP contribution in [0, 0.1) is 13.8 Å². The summed E-state index contributed by atoms with van der Waals surface area (Å²) < 4.78 is 5.23. The lowest BCUT2D eigenvalue weighted by molar-refractivity contribution is 0.0952. The highest BCUT2D eigenvalue weighted by atomic mass is 32.2. The van der Waals surface area contributed by atoms with Gasteiger partial charge >= 0.3 is 0 Å². The van der Waals surface area contributed by atoms with E-state index in [-0.39, 0.29) is 12.2 Å². The van der Waals surface area contributed by atoms with Crippen LogP contribution in [0.3, 0.4) is 0 Å². The first-order valence-corrected chi connectivity index (χ1v) is 11.0. The number of rotatable bonds is 7. The van der Waals surface area contributed by atoms with Crippen molar-refractivity contribution in [1.82, 2.24) is 26.2 Å². The smallest absolute Gasteiger partial charge is 0.252 e. The average molecular weight is 440 g/mol. The van der Waals surface area contributed by atoms with Crippen molar-refractivity contribution in [2.75, 3.05) is 13.1 Å². The molecule has 3 heterocycles. The van der Waals surface area contributed by atoms with Crippen LogP contribution in [0.2, 0.25) is 0 Å². The number of aromatic nitrogens is 1. The number of allylic oxidation sites excluding steroid dienone is 1. The Labute approximate surface area is 185 Å². The van der Waals surface area contributed by atoms with E-state index in [1.165, 1.54) is 0 Å². The fourth-order valence-electron chi connectivity index (χ4n) is 3.30. The monoisotopic (exact) mass is 439 g/mol. The zero-order valence-electron chi connectivity index (χ0n) is 17.7. The van der Waals surface area contributed by atoms with Crippen LogP contribution in [0.1, 0.15) is 34.3 Å². The van der Waals surface area contributed by atoms with Gasteiger partial charge in [-0.15, -0.1) is 11.8 Å². The Kier molecular flexibility index (Phi) is 6.26. The molecule has 2 aliphatic heterocycles. The van der Waals surface area contributed by atoms with E-state index in [9.17, 15) is 4.79 Å². The molecule has 2 aromatic rings. The summed E-state index contributed by atoms with van der Waals surface area (Å²) in [6, 6.07) is 7.61. The number of amides is 1. The molecule has 31 heavy (non-hydrogen) atoms. The van der Waals surface area contributed by atoms with Gasteiger partial charge < -0.3 is 15.2 Å². The minimum Gasteiger partial charge on any atom is -0.361 e. The van der Waals surface area contributed by atoms with Crippen molar-refractivity contribution < 1.29 is 9.32 Å². The maximum atomic E-state index is 12.8. The van der Waals surface area contributed by atoms with Gasteiger partial charge in [-0.1, -0.05) is 17.3 Å². The number of hydrogen-bond acceptors (Lipinski definition) is 8. The lowest BCUT2D eigenvalue weighted by Gasteiger charge is -2.30. The van der Waals surface area contributed by atoms with Gasteiger partial charge in [-0.25, -0.2) is 10.0 Å². The van der Waals surface area contributed by atoms with Crippen LogP contribution in [0.5, 0.6) is 0 Å². The molecular weight excluding hydrogens is 414 g/mol. The summed E-state index contributed by atoms with van der Waals surface area (Å²) in [6.07, 6.45) is 3.40. The number of aliphatic imine (C=N–C) groups is 2. The Morgan fingerprint density at radius 3 is 2.97 bits per heavy atom. The van der Waals surface area contributed by atoms with E-state index in [0.29, 0.717) is 24.4 Å². The molecule has 0 bridgehead atoms. The third-order valence-corrected chi connectivity index (χ3v) is 6.06. The van der Waals surface area contributed by atoms with Crippen molar-refractivity contribution in [3.05, 3.63) is 58.6 Å². The van der Waals surface area contributed by atoms with Crippen LogP contribution in [0.15, 0.2) is 55.4 Å². The molecule has 1 amide bonds. The van der Waals surface area contributed by atoms with Gasteiger partial charge in [0.1, 0.15) is 17.9 Å². The molecule has 0 radical (unpaired) electrons. The Hall–Kier alpha value is -3.27. The van der Waals surface area contributed by atoms with Crippen molar-refractivity contribution in [2.45, 2.75) is 37.7 Å². The van der Waals surface area contributed by atoms with Gasteiger partial charge in [0.05, 0.1) is 17.8 Å². The average Bonchev–Trinajstić information content (AvgIpc) is 3.36. The highest BCUT2D eigenvalue weighted by Gasteiger charge is 2.27. The molecule has 0 aliphatic carbocycles. The topological polar surface area (TPSA) is 107 Å². The van der Waals surface area contributed by atoms with Crippen molar-refractivity contribution in [3.63, 3.8) is 0 Å². The van der Waals surface area contributed by atoms with Gasteiger partial charge in [0.25, 0.3) is 5.91 Å². The molecule has 0 fully saturated rings. The molecule has 2 aliphatic rings. The zero-order chi connectivity index (χ0) is 21.8. The van der Waals surface area contributed by atoms with Gasteiger partial charge in [-0.2, -0.15) is 0 Å². The summed E-state index contributed by atoms with van der Waals surface area (Å²) in [4.78, 5) is 22.6. The normalized spacial score (nSPS) is 18.4. The maximum Gasteiger partial charge on any atom is 0.252 e. The molecule has 0 saturated heterocycles. The van der Waals surface area contributed by atoms with Crippen molar-refractivity contribution >= 4 is 29.8 Å². The fourth-order valence-corrected chi connectivity index (χ4v) is 4.50. The second-order valence-corrected chi connectivity index (χ2v) is 8.22. The number of amidine groups is 1. The van der Waals surface area contributed by atoms with E-state index in [1.54, 1.807) is 18.1 Å². The Morgan fingerprint density at radius 2 is 2.16 bits per heavy atom. The molecule has 1 aromatic carbocycles. The Morgan fingerprint density at radius 1 is 1.32 bits per heavy atom. The molecule has 3 N–H and O–H groups in total. The summed E-state index contributed by atoms with van der Waals surface area (Å²) in [6.45, 7) is 6.70. The van der Waals surface area contributed by atoms with Crippen LogP contribution in [-0.4, -0.2) is 47.6 Å². The van der Waals surface area contributed by atoms with Crippen molar-refractivity contribution in [3.8, 4) is 0 Å². The molecule has 0 spiro atoms. The number of benzene rings is 1. The van der Waals surface area contributed by atoms with E-state index < -0.39 is 0 Å². The number of hydrogen-bond donors (Lipinski definition) is 3. The zero-order valence-corrected chi connectivity index (χ0v) is 18.5. The SMILES string of the molecule is CC1=CC(=NCCNC(=O)c2ccccc2SCc2c(C)noc2C)N2NC=NC2N1. The van der Waals surface area contributed by atoms with Gasteiger partial charge in [-0.3, -0.25) is 15.2 Å². The summed E-state index contributed by atoms with van der Waals surface area (Å²) in [7, 11) is 0. The standard InChI is InChI=1S/C21H25N7O2S/c1-13-10-19(28-21(26-13)24-12-25-28)22-8-9-23-20(29)16-6-4-5-7-18(16)31-11-17-14(2)27-30-15(17)3/h4-7,10,12,21,26H,8-9,11H2,1-3H3,(H,23,29)(H,24,25). The highest BCUT2D eigenvalue weighted by molar-refractivity contribution is 7.98. The quantitative estimate of drug-likeness (QED) is 0.449. The van der Waals surface area contributed by atoms with Gasteiger partial charge in [0.2, 0.25) is 6.29 Å². The Bertz CT molecular complexity index is 1040. The third kappa shape index (κ3) is 4.74. The van der Waals surface area contributed by atoms with E-state index in [1.807, 2.05) is 56.1 Å². The molecule has 1 unspecified atom stereocenters. The molecule has 1 atom stereocenters. The lowest BCUT2D eigenvalue weighted by atomic mass is 10.2. The number of fused-ring (bicyclic) bond motifs is 1. The molecule has 1 aromatic heterocycles. The molecule has 9 nitrogen and oxygen atoms in total. The van der Waals surface area contributed by atoms with E-state index >= 15 is 0 Å². The second kappa shape index (κ2) is 9.25. The lowest BCUT2D eigenvalue weighted by Crippen LogP contribution is -2.52. The third-order valence-electron chi connectivity index (χ3n) is 4.96. The van der Waals surface area contributed by atoms with Crippen LogP contribution in [0.25, 0.3) is 0 Å². The minimum absolute atomic E-state index is 0.111. The van der Waals surface area contributed by atoms with Crippen molar-refractivity contribution in [2.24, 2.45) is 9.98 Å². The number of thioether (sulfide) groups is 1. The first-order chi connectivity index (χ1) is 15.0. The number of hydrazine groups is 1. The van der Waals surface area contributed by atoms with Crippen LogP contribution in [0.4, 0.5) is 0 Å². The summed E-state index contributed by atoms with van der Waals surface area (Å²) in [5.41, 5.74) is 6.65. The van der Waals surface area contributed by atoms with E-state index in [2.05, 4.69) is 31.2 Å². The number of carbonyl (C=O) groups is 1. The van der Waals surface area contributed by atoms with Crippen molar-refractivity contribution in [1.29, 1.82) is 0 Å². The first kappa shape index (κ1) is 21.0. The highest BCUT2D eigenvalue weighted by Crippen LogP contribution is 2.28. The number of nitrogens with zero attached hydrogens (tertiary/aromatic N) is 4. The van der Waals surface area contributed by atoms with Gasteiger partial charge in [0.15, 0.2) is 0 Å². The largest absolute Gasteiger partial charge is 0.361 e. The molecule has 162 valence electrons. The Balaban J connectivity index is 1.34.